The Bertz CT molecular complexity index is 1150. The number of amides is 3. The second kappa shape index (κ2) is 13.2. The first kappa shape index (κ1) is 27.4. The van der Waals surface area contributed by atoms with Gasteiger partial charge in [-0.3, -0.25) is 14.4 Å². The summed E-state index contributed by atoms with van der Waals surface area (Å²) >= 11 is 0. The number of nitrogens with zero attached hydrogens (tertiary/aromatic N) is 1. The molecule has 1 fully saturated rings. The Balaban J connectivity index is 1.55. The highest BCUT2D eigenvalue weighted by molar-refractivity contribution is 5.94. The molecule has 2 bridgehead atoms. The molecular formula is C28H34FN3O6. The van der Waals surface area contributed by atoms with Crippen LogP contribution in [0.5, 0.6) is 17.2 Å². The van der Waals surface area contributed by atoms with Crippen LogP contribution in [-0.4, -0.2) is 62.6 Å². The Morgan fingerprint density at radius 3 is 2.63 bits per heavy atom. The van der Waals surface area contributed by atoms with Crippen LogP contribution < -0.4 is 20.1 Å². The van der Waals surface area contributed by atoms with Crippen molar-refractivity contribution in [1.29, 1.82) is 0 Å². The van der Waals surface area contributed by atoms with Crippen molar-refractivity contribution in [3.63, 3.8) is 0 Å². The molecule has 2 aromatic carbocycles. The smallest absolute Gasteiger partial charge is 0.251 e. The van der Waals surface area contributed by atoms with Crippen LogP contribution in [0, 0.1) is 11.7 Å². The van der Waals surface area contributed by atoms with E-state index in [0.717, 1.165) is 0 Å². The van der Waals surface area contributed by atoms with Gasteiger partial charge in [0.15, 0.2) is 11.5 Å². The number of hydrogen-bond donors (Lipinski definition) is 2. The van der Waals surface area contributed by atoms with Crippen molar-refractivity contribution in [3.8, 4) is 17.2 Å². The summed E-state index contributed by atoms with van der Waals surface area (Å²) in [6.07, 6.45) is 2.58. The number of carbonyl (C=O) groups excluding carboxylic acids is 3. The van der Waals surface area contributed by atoms with Crippen LogP contribution in [0.2, 0.25) is 0 Å². The number of hydrogen-bond acceptors (Lipinski definition) is 6. The molecule has 3 amide bonds. The van der Waals surface area contributed by atoms with Gasteiger partial charge in [0.1, 0.15) is 11.6 Å². The molecule has 10 heteroatoms. The third kappa shape index (κ3) is 7.00. The average Bonchev–Trinajstić information content (AvgIpc) is 2.93. The first-order valence-corrected chi connectivity index (χ1v) is 13.0. The maximum absolute atomic E-state index is 14.7. The van der Waals surface area contributed by atoms with E-state index in [1.807, 2.05) is 0 Å². The topological polar surface area (TPSA) is 106 Å². The minimum Gasteiger partial charge on any atom is -0.493 e. The molecule has 2 aromatic rings. The lowest BCUT2D eigenvalue weighted by molar-refractivity contribution is -0.139. The number of methoxy groups -OCH3 is 1. The number of carbonyl (C=O) groups is 3. The Kier molecular flexibility index (Phi) is 9.53. The largest absolute Gasteiger partial charge is 0.493 e. The zero-order valence-electron chi connectivity index (χ0n) is 21.6. The van der Waals surface area contributed by atoms with Gasteiger partial charge in [0.05, 0.1) is 7.11 Å². The van der Waals surface area contributed by atoms with Crippen LogP contribution in [0.1, 0.15) is 48.0 Å². The second-order valence-electron chi connectivity index (χ2n) is 9.39. The highest BCUT2D eigenvalue weighted by atomic mass is 19.1. The van der Waals surface area contributed by atoms with Crippen LogP contribution in [0.15, 0.2) is 36.4 Å². The van der Waals surface area contributed by atoms with Crippen molar-refractivity contribution in [2.75, 3.05) is 40.0 Å². The van der Waals surface area contributed by atoms with E-state index >= 15 is 0 Å². The van der Waals surface area contributed by atoms with Gasteiger partial charge in [-0.15, -0.1) is 0 Å². The summed E-state index contributed by atoms with van der Waals surface area (Å²) in [4.78, 5) is 40.3. The van der Waals surface area contributed by atoms with E-state index < -0.39 is 5.82 Å². The van der Waals surface area contributed by atoms with Crippen LogP contribution in [0.4, 0.5) is 4.39 Å². The van der Waals surface area contributed by atoms with Crippen LogP contribution in [0.25, 0.3) is 0 Å². The molecule has 0 radical (unpaired) electrons. The highest BCUT2D eigenvalue weighted by Gasteiger charge is 2.26. The Morgan fingerprint density at radius 1 is 1.05 bits per heavy atom. The van der Waals surface area contributed by atoms with E-state index in [1.54, 1.807) is 29.2 Å². The summed E-state index contributed by atoms with van der Waals surface area (Å²) < 4.78 is 31.5. The quantitative estimate of drug-likeness (QED) is 0.620. The summed E-state index contributed by atoms with van der Waals surface area (Å²) in [6.45, 7) is 2.33. The number of nitrogens with one attached hydrogen (secondary N) is 2. The molecule has 1 saturated heterocycles. The van der Waals surface area contributed by atoms with Gasteiger partial charge in [-0.1, -0.05) is 6.07 Å². The molecule has 204 valence electrons. The van der Waals surface area contributed by atoms with Gasteiger partial charge < -0.3 is 29.7 Å². The lowest BCUT2D eigenvalue weighted by Crippen LogP contribution is -2.41. The van der Waals surface area contributed by atoms with Gasteiger partial charge in [0.2, 0.25) is 11.8 Å². The molecule has 0 atom stereocenters. The van der Waals surface area contributed by atoms with Crippen molar-refractivity contribution < 1.29 is 33.0 Å². The van der Waals surface area contributed by atoms with Gasteiger partial charge >= 0.3 is 0 Å². The normalized spacial score (nSPS) is 18.2. The Labute approximate surface area is 221 Å². The zero-order chi connectivity index (χ0) is 26.9. The van der Waals surface area contributed by atoms with Gasteiger partial charge in [-0.05, 0) is 56.0 Å². The molecular weight excluding hydrogens is 493 g/mol. The molecule has 0 spiro atoms. The molecule has 5 rings (SSSR count). The van der Waals surface area contributed by atoms with Crippen LogP contribution >= 0.6 is 0 Å². The van der Waals surface area contributed by atoms with Crippen LogP contribution in [0.3, 0.4) is 0 Å². The molecule has 0 aromatic heterocycles. The Hall–Kier alpha value is -3.66. The van der Waals surface area contributed by atoms with Crippen molar-refractivity contribution in [3.05, 3.63) is 53.3 Å². The molecule has 38 heavy (non-hydrogen) atoms. The average molecular weight is 528 g/mol. The van der Waals surface area contributed by atoms with E-state index in [9.17, 15) is 18.8 Å². The molecule has 9 nitrogen and oxygen atoms in total. The predicted molar refractivity (Wildman–Crippen MR) is 138 cm³/mol. The Morgan fingerprint density at radius 2 is 1.84 bits per heavy atom. The third-order valence-corrected chi connectivity index (χ3v) is 6.79. The predicted octanol–water partition coefficient (Wildman–Crippen LogP) is 3.41. The van der Waals surface area contributed by atoms with Crippen molar-refractivity contribution >= 4 is 17.7 Å². The fourth-order valence-corrected chi connectivity index (χ4v) is 4.63. The maximum atomic E-state index is 14.7. The molecule has 0 aliphatic carbocycles. The minimum atomic E-state index is -0.517. The zero-order valence-corrected chi connectivity index (χ0v) is 21.6. The van der Waals surface area contributed by atoms with E-state index in [4.69, 9.17) is 14.2 Å². The van der Waals surface area contributed by atoms with Crippen LogP contribution in [-0.2, 0) is 20.9 Å². The molecule has 0 unspecified atom stereocenters. The van der Waals surface area contributed by atoms with Crippen molar-refractivity contribution in [1.82, 2.24) is 15.5 Å². The second-order valence-corrected chi connectivity index (χ2v) is 9.39. The molecule has 2 N–H and O–H groups in total. The van der Waals surface area contributed by atoms with E-state index in [0.29, 0.717) is 75.6 Å². The first-order valence-electron chi connectivity index (χ1n) is 13.0. The molecule has 3 aliphatic heterocycles. The van der Waals surface area contributed by atoms with Gasteiger partial charge in [0, 0.05) is 62.9 Å². The number of rotatable bonds is 2. The number of fused-ring (bicyclic) bond motifs is 13. The van der Waals surface area contributed by atoms with Crippen molar-refractivity contribution in [2.24, 2.45) is 5.92 Å². The minimum absolute atomic E-state index is 0.0550. The lowest BCUT2D eigenvalue weighted by Gasteiger charge is -2.29. The summed E-state index contributed by atoms with van der Waals surface area (Å²) in [7, 11) is 1.45. The third-order valence-electron chi connectivity index (χ3n) is 6.79. The summed E-state index contributed by atoms with van der Waals surface area (Å²) in [5.41, 5.74) is 0.577. The number of halogens is 1. The van der Waals surface area contributed by atoms with Crippen molar-refractivity contribution in [2.45, 2.75) is 38.6 Å². The number of ether oxygens (including phenoxy) is 3. The fraction of sp³-hybridized carbons (Fsp3) is 0.464. The molecule has 3 aliphatic rings. The van der Waals surface area contributed by atoms with Gasteiger partial charge in [-0.25, -0.2) is 4.39 Å². The standard InChI is InChI=1S/C28H34FN3O6/c1-36-25-17-20-8-9-24(25)38-23-6-2-5-22(29)21(23)18-31-26(33)7-3-13-32(14-4-12-30-27(20)34)28(35)19-10-15-37-16-11-19/h2,5-6,8-9,17,19H,3-4,7,10-16,18H2,1H3,(H,30,34)(H,31,33). The maximum Gasteiger partial charge on any atom is 0.251 e. The summed E-state index contributed by atoms with van der Waals surface area (Å²) in [5, 5.41) is 5.65. The van der Waals surface area contributed by atoms with E-state index in [2.05, 4.69) is 10.6 Å². The monoisotopic (exact) mass is 527 g/mol. The summed E-state index contributed by atoms with van der Waals surface area (Å²) in [5.74, 6) is -0.242. The molecule has 3 heterocycles. The highest BCUT2D eigenvalue weighted by Crippen LogP contribution is 2.34. The van der Waals surface area contributed by atoms with Gasteiger partial charge in [-0.2, -0.15) is 0 Å². The SMILES string of the molecule is COc1cc2ccc1Oc1cccc(F)c1CNC(=O)CCCN(C(=O)C1CCOCC1)CCCNC2=O. The van der Waals surface area contributed by atoms with E-state index in [1.165, 1.54) is 19.2 Å². The first-order chi connectivity index (χ1) is 18.5. The lowest BCUT2D eigenvalue weighted by atomic mass is 9.98. The van der Waals surface area contributed by atoms with Gasteiger partial charge in [0.25, 0.3) is 5.91 Å². The fourth-order valence-electron chi connectivity index (χ4n) is 4.63. The molecule has 0 saturated carbocycles. The summed E-state index contributed by atoms with van der Waals surface area (Å²) in [6, 6.07) is 9.16. The van der Waals surface area contributed by atoms with E-state index in [-0.39, 0.29) is 47.9 Å². The number of benzene rings is 2.